The average molecular weight is 428 g/mol. The van der Waals surface area contributed by atoms with E-state index in [1.807, 2.05) is 32.0 Å². The van der Waals surface area contributed by atoms with E-state index < -0.39 is 18.1 Å². The molecule has 166 valence electrons. The summed E-state index contributed by atoms with van der Waals surface area (Å²) in [5.74, 6) is -0.374. The number of carboxylic acid groups (broad SMARTS) is 1. The molecule has 0 saturated heterocycles. The van der Waals surface area contributed by atoms with Crippen molar-refractivity contribution in [3.8, 4) is 5.75 Å². The second kappa shape index (κ2) is 11.4. The fraction of sp³-hybridized carbons (Fsp3) is 0.318. The quantitative estimate of drug-likeness (QED) is 0.335. The van der Waals surface area contributed by atoms with Gasteiger partial charge >= 0.3 is 12.1 Å². The number of hydrogen-bond acceptors (Lipinski definition) is 5. The fourth-order valence-electron chi connectivity index (χ4n) is 2.62. The van der Waals surface area contributed by atoms with E-state index in [9.17, 15) is 14.7 Å². The summed E-state index contributed by atoms with van der Waals surface area (Å²) in [6, 6.07) is 13.2. The Kier molecular flexibility index (Phi) is 8.68. The monoisotopic (exact) mass is 428 g/mol. The molecule has 2 aromatic carbocycles. The lowest BCUT2D eigenvalue weighted by Crippen LogP contribution is -2.42. The second-order valence-electron chi connectivity index (χ2n) is 7.37. The lowest BCUT2D eigenvalue weighted by molar-refractivity contribution is -0.139. The third kappa shape index (κ3) is 8.65. The van der Waals surface area contributed by atoms with Crippen LogP contribution in [0.4, 0.5) is 10.5 Å². The Morgan fingerprint density at radius 2 is 1.81 bits per heavy atom. The van der Waals surface area contributed by atoms with Crippen LogP contribution in [0.15, 0.2) is 53.5 Å². The first-order chi connectivity index (χ1) is 14.7. The number of nitrogens with one attached hydrogen (secondary N) is 1. The maximum Gasteiger partial charge on any atom is 0.407 e. The number of nitrogens with two attached hydrogens (primary N) is 2. The molecule has 0 aromatic heterocycles. The molecule has 0 aliphatic carbocycles. The third-order valence-corrected chi connectivity index (χ3v) is 4.08. The summed E-state index contributed by atoms with van der Waals surface area (Å²) in [5, 5.41) is 11.8. The van der Waals surface area contributed by atoms with Crippen molar-refractivity contribution >= 4 is 23.7 Å². The van der Waals surface area contributed by atoms with Gasteiger partial charge in [0.1, 0.15) is 18.4 Å². The van der Waals surface area contributed by atoms with Gasteiger partial charge in [-0.25, -0.2) is 14.6 Å². The van der Waals surface area contributed by atoms with Crippen LogP contribution >= 0.6 is 0 Å². The van der Waals surface area contributed by atoms with Gasteiger partial charge in [-0.1, -0.05) is 38.1 Å². The molecule has 1 atom stereocenters. The average Bonchev–Trinajstić information content (AvgIpc) is 2.71. The molecule has 2 rings (SSSR count). The summed E-state index contributed by atoms with van der Waals surface area (Å²) in [6.45, 7) is 4.33. The number of aliphatic imine (C=N–C) groups is 1. The highest BCUT2D eigenvalue weighted by Gasteiger charge is 2.21. The van der Waals surface area contributed by atoms with Crippen molar-refractivity contribution in [3.05, 3.63) is 59.7 Å². The minimum Gasteiger partial charge on any atom is -0.489 e. The first kappa shape index (κ1) is 23.5. The molecule has 0 fully saturated rings. The van der Waals surface area contributed by atoms with Crippen LogP contribution in [0.5, 0.6) is 5.75 Å². The second-order valence-corrected chi connectivity index (χ2v) is 7.37. The largest absolute Gasteiger partial charge is 0.489 e. The third-order valence-electron chi connectivity index (χ3n) is 4.08. The highest BCUT2D eigenvalue weighted by atomic mass is 16.5. The molecule has 9 nitrogen and oxygen atoms in total. The molecule has 0 bridgehead atoms. The highest BCUT2D eigenvalue weighted by molar-refractivity contribution is 5.80. The smallest absolute Gasteiger partial charge is 0.407 e. The van der Waals surface area contributed by atoms with Crippen LogP contribution in [0.25, 0.3) is 0 Å². The number of rotatable bonds is 10. The molecule has 2 aromatic rings. The number of carboxylic acids is 1. The first-order valence-electron chi connectivity index (χ1n) is 9.79. The minimum atomic E-state index is -1.14. The lowest BCUT2D eigenvalue weighted by Gasteiger charge is -2.15. The van der Waals surface area contributed by atoms with Gasteiger partial charge in [-0.05, 0) is 41.3 Å². The topological polar surface area (TPSA) is 149 Å². The molecule has 1 unspecified atom stereocenters. The number of carbonyl (C=O) groups excluding carboxylic acids is 1. The molecule has 31 heavy (non-hydrogen) atoms. The van der Waals surface area contributed by atoms with E-state index >= 15 is 0 Å². The van der Waals surface area contributed by atoms with Gasteiger partial charge in [-0.15, -0.1) is 0 Å². The van der Waals surface area contributed by atoms with Crippen LogP contribution in [-0.2, 0) is 22.6 Å². The molecule has 0 aliphatic heterocycles. The predicted molar refractivity (Wildman–Crippen MR) is 117 cm³/mol. The van der Waals surface area contributed by atoms with Crippen molar-refractivity contribution in [2.45, 2.75) is 32.9 Å². The summed E-state index contributed by atoms with van der Waals surface area (Å²) in [7, 11) is 0. The van der Waals surface area contributed by atoms with E-state index in [-0.39, 0.29) is 24.9 Å². The maximum absolute atomic E-state index is 11.8. The van der Waals surface area contributed by atoms with E-state index in [1.165, 1.54) is 0 Å². The zero-order valence-corrected chi connectivity index (χ0v) is 17.6. The van der Waals surface area contributed by atoms with Crippen LogP contribution < -0.4 is 21.5 Å². The number of hydrogen-bond donors (Lipinski definition) is 4. The summed E-state index contributed by atoms with van der Waals surface area (Å²) >= 11 is 0. The molecule has 0 aliphatic rings. The number of benzene rings is 2. The number of aliphatic carboxylic acids is 1. The van der Waals surface area contributed by atoms with Crippen molar-refractivity contribution in [3.63, 3.8) is 0 Å². The van der Waals surface area contributed by atoms with Gasteiger partial charge in [-0.3, -0.25) is 0 Å². The van der Waals surface area contributed by atoms with Crippen molar-refractivity contribution in [2.75, 3.05) is 6.61 Å². The Labute approximate surface area is 181 Å². The van der Waals surface area contributed by atoms with Crippen LogP contribution in [-0.4, -0.2) is 35.8 Å². The Hall–Kier alpha value is -3.75. The SMILES string of the molecule is CC(C)COC(=O)NC(Cc1ccc(OCc2cccc(N=C(N)N)c2)cc1)C(=O)O. The molecule has 9 heteroatoms. The number of carbonyl (C=O) groups is 2. The molecule has 0 spiro atoms. The summed E-state index contributed by atoms with van der Waals surface area (Å²) in [5.41, 5.74) is 13.0. The van der Waals surface area contributed by atoms with E-state index in [0.717, 1.165) is 11.1 Å². The van der Waals surface area contributed by atoms with E-state index in [4.69, 9.17) is 20.9 Å². The van der Waals surface area contributed by atoms with Gasteiger partial charge in [0.25, 0.3) is 0 Å². The predicted octanol–water partition coefficient (Wildman–Crippen LogP) is 2.55. The van der Waals surface area contributed by atoms with E-state index in [1.54, 1.807) is 30.3 Å². The van der Waals surface area contributed by atoms with Gasteiger partial charge < -0.3 is 31.4 Å². The van der Waals surface area contributed by atoms with Crippen molar-refractivity contribution in [1.29, 1.82) is 0 Å². The van der Waals surface area contributed by atoms with Gasteiger partial charge in [0.05, 0.1) is 12.3 Å². The number of ether oxygens (including phenoxy) is 2. The van der Waals surface area contributed by atoms with Gasteiger partial charge in [-0.2, -0.15) is 0 Å². The standard InChI is InChI=1S/C22H28N4O5/c1-14(2)12-31-22(29)26-19(20(27)28)11-15-6-8-18(9-7-15)30-13-16-4-3-5-17(10-16)25-21(23)24/h3-10,14,19H,11-13H2,1-2H3,(H,26,29)(H,27,28)(H4,23,24,25). The molecule has 1 amide bonds. The lowest BCUT2D eigenvalue weighted by atomic mass is 10.1. The van der Waals surface area contributed by atoms with Gasteiger partial charge in [0, 0.05) is 6.42 Å². The fourth-order valence-corrected chi connectivity index (χ4v) is 2.62. The number of alkyl carbamates (subject to hydrolysis) is 1. The van der Waals surface area contributed by atoms with E-state index in [2.05, 4.69) is 10.3 Å². The molecular weight excluding hydrogens is 400 g/mol. The minimum absolute atomic E-state index is 0.0176. The number of nitrogens with zero attached hydrogens (tertiary/aromatic N) is 1. The molecule has 0 heterocycles. The normalized spacial score (nSPS) is 11.5. The zero-order valence-electron chi connectivity index (χ0n) is 17.6. The highest BCUT2D eigenvalue weighted by Crippen LogP contribution is 2.18. The van der Waals surface area contributed by atoms with E-state index in [0.29, 0.717) is 18.0 Å². The summed E-state index contributed by atoms with van der Waals surface area (Å²) in [6.07, 6.45) is -0.628. The number of guanidine groups is 1. The summed E-state index contributed by atoms with van der Waals surface area (Å²) in [4.78, 5) is 27.2. The molecular formula is C22H28N4O5. The Bertz CT molecular complexity index is 908. The summed E-state index contributed by atoms with van der Waals surface area (Å²) < 4.78 is 10.8. The Morgan fingerprint density at radius 3 is 2.42 bits per heavy atom. The van der Waals surface area contributed by atoms with Crippen molar-refractivity contribution in [1.82, 2.24) is 5.32 Å². The van der Waals surface area contributed by atoms with Crippen molar-refractivity contribution < 1.29 is 24.2 Å². The van der Waals surface area contributed by atoms with Crippen LogP contribution in [0.2, 0.25) is 0 Å². The van der Waals surface area contributed by atoms with Crippen molar-refractivity contribution in [2.24, 2.45) is 22.4 Å². The van der Waals surface area contributed by atoms with Gasteiger partial charge in [0.2, 0.25) is 0 Å². The molecule has 6 N–H and O–H groups in total. The van der Waals surface area contributed by atoms with Crippen LogP contribution in [0.1, 0.15) is 25.0 Å². The molecule has 0 radical (unpaired) electrons. The number of amides is 1. The van der Waals surface area contributed by atoms with Gasteiger partial charge in [0.15, 0.2) is 5.96 Å². The Morgan fingerprint density at radius 1 is 1.10 bits per heavy atom. The van der Waals surface area contributed by atoms with Crippen LogP contribution in [0.3, 0.4) is 0 Å². The first-order valence-corrected chi connectivity index (χ1v) is 9.79. The zero-order chi connectivity index (χ0) is 22.8. The Balaban J connectivity index is 1.92. The van der Waals surface area contributed by atoms with Crippen LogP contribution in [0, 0.1) is 5.92 Å². The molecule has 0 saturated carbocycles. The maximum atomic E-state index is 11.8.